The van der Waals surface area contributed by atoms with Gasteiger partial charge >= 0.3 is 0 Å². The first-order valence-electron chi connectivity index (χ1n) is 7.40. The average Bonchev–Trinajstić information content (AvgIpc) is 3.21. The van der Waals surface area contributed by atoms with Crippen LogP contribution in [0, 0.1) is 5.82 Å². The van der Waals surface area contributed by atoms with Crippen LogP contribution in [-0.4, -0.2) is 49.6 Å². The van der Waals surface area contributed by atoms with Crippen molar-refractivity contribution in [2.24, 2.45) is 0 Å². The van der Waals surface area contributed by atoms with Crippen molar-refractivity contribution in [3.63, 3.8) is 0 Å². The number of carbonyl (C=O) groups excluding carboxylic acids is 1. The molecule has 0 bridgehead atoms. The number of benzene rings is 1. The van der Waals surface area contributed by atoms with E-state index in [1.807, 2.05) is 0 Å². The molecule has 3 heterocycles. The SMILES string of the molecule is CN(CC(=O)Nc1n[nH]c2ccc(F)cc12)c1ncnc2nc[nH]c12. The van der Waals surface area contributed by atoms with E-state index < -0.39 is 5.82 Å². The van der Waals surface area contributed by atoms with Crippen LogP contribution in [0.25, 0.3) is 22.1 Å². The van der Waals surface area contributed by atoms with E-state index in [0.29, 0.717) is 27.9 Å². The maximum atomic E-state index is 13.4. The molecule has 9 nitrogen and oxygen atoms in total. The van der Waals surface area contributed by atoms with Crippen LogP contribution < -0.4 is 10.2 Å². The van der Waals surface area contributed by atoms with Gasteiger partial charge in [0.1, 0.15) is 17.7 Å². The molecule has 25 heavy (non-hydrogen) atoms. The molecule has 0 aliphatic heterocycles. The van der Waals surface area contributed by atoms with Gasteiger partial charge in [0.15, 0.2) is 17.3 Å². The molecule has 0 saturated heterocycles. The Kier molecular flexibility index (Phi) is 3.49. The van der Waals surface area contributed by atoms with E-state index in [-0.39, 0.29) is 18.3 Å². The predicted molar refractivity (Wildman–Crippen MR) is 89.6 cm³/mol. The molecule has 10 heteroatoms. The summed E-state index contributed by atoms with van der Waals surface area (Å²) in [7, 11) is 1.73. The summed E-state index contributed by atoms with van der Waals surface area (Å²) in [6.45, 7) is 0.0226. The minimum absolute atomic E-state index is 0.0226. The standard InChI is InChI=1S/C15H13FN8O/c1-24(15-12-14(18-6-17-12)19-7-20-15)5-11(25)21-13-9-4-8(16)2-3-10(9)22-23-13/h2-4,6-7H,5H2,1H3,(H,17,18,19,20)(H2,21,22,23,25). The monoisotopic (exact) mass is 340 g/mol. The van der Waals surface area contributed by atoms with E-state index in [4.69, 9.17) is 0 Å². The van der Waals surface area contributed by atoms with Gasteiger partial charge in [-0.25, -0.2) is 19.3 Å². The third-order valence-corrected chi connectivity index (χ3v) is 3.73. The Morgan fingerprint density at radius 1 is 1.32 bits per heavy atom. The maximum absolute atomic E-state index is 13.4. The lowest BCUT2D eigenvalue weighted by molar-refractivity contribution is -0.114. The summed E-state index contributed by atoms with van der Waals surface area (Å²) in [5.41, 5.74) is 1.80. The van der Waals surface area contributed by atoms with E-state index in [2.05, 4.69) is 35.5 Å². The Hall–Kier alpha value is -3.56. The van der Waals surface area contributed by atoms with Crippen molar-refractivity contribution in [2.45, 2.75) is 0 Å². The lowest BCUT2D eigenvalue weighted by Gasteiger charge is -2.17. The molecule has 0 aliphatic carbocycles. The molecule has 0 unspecified atom stereocenters. The number of carbonyl (C=O) groups is 1. The molecular formula is C15H13FN8O. The van der Waals surface area contributed by atoms with Crippen LogP contribution in [0.3, 0.4) is 0 Å². The second-order valence-corrected chi connectivity index (χ2v) is 5.46. The first kappa shape index (κ1) is 15.0. The van der Waals surface area contributed by atoms with Crippen molar-refractivity contribution >= 4 is 39.6 Å². The van der Waals surface area contributed by atoms with Crippen LogP contribution in [0.2, 0.25) is 0 Å². The normalized spacial score (nSPS) is 11.1. The van der Waals surface area contributed by atoms with Gasteiger partial charge in [-0.1, -0.05) is 0 Å². The molecule has 3 N–H and O–H groups in total. The number of likely N-dealkylation sites (N-methyl/N-ethyl adjacent to an activating group) is 1. The number of hydrogen-bond donors (Lipinski definition) is 3. The summed E-state index contributed by atoms with van der Waals surface area (Å²) in [6, 6.07) is 4.21. The van der Waals surface area contributed by atoms with Crippen molar-refractivity contribution in [3.8, 4) is 0 Å². The van der Waals surface area contributed by atoms with Gasteiger partial charge in [-0.2, -0.15) is 5.10 Å². The van der Waals surface area contributed by atoms with E-state index in [1.54, 1.807) is 18.0 Å². The van der Waals surface area contributed by atoms with E-state index in [0.717, 1.165) is 0 Å². The van der Waals surface area contributed by atoms with Crippen molar-refractivity contribution in [2.75, 3.05) is 23.8 Å². The fraction of sp³-hybridized carbons (Fsp3) is 0.133. The largest absolute Gasteiger partial charge is 0.348 e. The zero-order valence-electron chi connectivity index (χ0n) is 13.1. The first-order valence-corrected chi connectivity index (χ1v) is 7.40. The van der Waals surface area contributed by atoms with Crippen molar-refractivity contribution < 1.29 is 9.18 Å². The lowest BCUT2D eigenvalue weighted by Crippen LogP contribution is -2.31. The third-order valence-electron chi connectivity index (χ3n) is 3.73. The molecule has 0 atom stereocenters. The predicted octanol–water partition coefficient (Wildman–Crippen LogP) is 1.44. The van der Waals surface area contributed by atoms with Gasteiger partial charge in [0.2, 0.25) is 5.91 Å². The number of nitrogens with one attached hydrogen (secondary N) is 3. The van der Waals surface area contributed by atoms with Gasteiger partial charge < -0.3 is 15.2 Å². The highest BCUT2D eigenvalue weighted by Gasteiger charge is 2.15. The summed E-state index contributed by atoms with van der Waals surface area (Å²) < 4.78 is 13.4. The number of aromatic nitrogens is 6. The lowest BCUT2D eigenvalue weighted by atomic mass is 10.2. The van der Waals surface area contributed by atoms with Crippen LogP contribution in [-0.2, 0) is 4.79 Å². The fourth-order valence-corrected chi connectivity index (χ4v) is 2.59. The molecule has 0 fully saturated rings. The number of H-pyrrole nitrogens is 2. The maximum Gasteiger partial charge on any atom is 0.245 e. The molecule has 0 saturated carbocycles. The smallest absolute Gasteiger partial charge is 0.245 e. The molecule has 126 valence electrons. The van der Waals surface area contributed by atoms with Crippen molar-refractivity contribution in [3.05, 3.63) is 36.7 Å². The van der Waals surface area contributed by atoms with Crippen LogP contribution in [0.15, 0.2) is 30.9 Å². The fourth-order valence-electron chi connectivity index (χ4n) is 2.59. The van der Waals surface area contributed by atoms with Gasteiger partial charge in [-0.15, -0.1) is 0 Å². The van der Waals surface area contributed by atoms with Gasteiger partial charge in [0.05, 0.1) is 18.4 Å². The van der Waals surface area contributed by atoms with Gasteiger partial charge in [-0.05, 0) is 18.2 Å². The molecular weight excluding hydrogens is 327 g/mol. The van der Waals surface area contributed by atoms with Gasteiger partial charge in [-0.3, -0.25) is 9.89 Å². The molecule has 1 amide bonds. The zero-order chi connectivity index (χ0) is 17.4. The molecule has 0 radical (unpaired) electrons. The minimum atomic E-state index is -0.399. The number of fused-ring (bicyclic) bond motifs is 2. The topological polar surface area (TPSA) is 115 Å². The molecule has 1 aromatic carbocycles. The van der Waals surface area contributed by atoms with E-state index in [1.165, 1.54) is 24.8 Å². The van der Waals surface area contributed by atoms with Crippen LogP contribution in [0.4, 0.5) is 16.0 Å². The highest BCUT2D eigenvalue weighted by atomic mass is 19.1. The Morgan fingerprint density at radius 2 is 2.20 bits per heavy atom. The summed E-state index contributed by atoms with van der Waals surface area (Å²) in [4.78, 5) is 29.2. The Morgan fingerprint density at radius 3 is 3.08 bits per heavy atom. The number of anilines is 2. The Labute approximate surface area is 140 Å². The minimum Gasteiger partial charge on any atom is -0.348 e. The van der Waals surface area contributed by atoms with Crippen LogP contribution >= 0.6 is 0 Å². The second-order valence-electron chi connectivity index (χ2n) is 5.46. The van der Waals surface area contributed by atoms with Crippen molar-refractivity contribution in [1.82, 2.24) is 30.1 Å². The summed E-state index contributed by atoms with van der Waals surface area (Å²) in [6.07, 6.45) is 2.90. The van der Waals surface area contributed by atoms with Gasteiger partial charge in [0, 0.05) is 12.4 Å². The molecule has 4 aromatic rings. The van der Waals surface area contributed by atoms with E-state index in [9.17, 15) is 9.18 Å². The number of nitrogens with zero attached hydrogens (tertiary/aromatic N) is 5. The second kappa shape index (κ2) is 5.82. The highest BCUT2D eigenvalue weighted by Crippen LogP contribution is 2.22. The highest BCUT2D eigenvalue weighted by molar-refractivity contribution is 6.01. The number of rotatable bonds is 4. The molecule has 4 rings (SSSR count). The summed E-state index contributed by atoms with van der Waals surface area (Å²) in [5.74, 6) is 0.119. The van der Waals surface area contributed by atoms with Crippen molar-refractivity contribution in [1.29, 1.82) is 0 Å². The third kappa shape index (κ3) is 2.73. The van der Waals surface area contributed by atoms with Gasteiger partial charge in [0.25, 0.3) is 0 Å². The molecule has 0 aliphatic rings. The first-order chi connectivity index (χ1) is 12.1. The number of halogens is 1. The van der Waals surface area contributed by atoms with Crippen LogP contribution in [0.5, 0.6) is 0 Å². The number of aromatic amines is 2. The molecule has 0 spiro atoms. The quantitative estimate of drug-likeness (QED) is 0.518. The summed E-state index contributed by atoms with van der Waals surface area (Å²) >= 11 is 0. The molecule has 3 aromatic heterocycles. The van der Waals surface area contributed by atoms with Crippen LogP contribution in [0.1, 0.15) is 0 Å². The van der Waals surface area contributed by atoms with E-state index >= 15 is 0 Å². The zero-order valence-corrected chi connectivity index (χ0v) is 13.1. The Balaban J connectivity index is 1.53. The number of imidazole rings is 1. The number of hydrogen-bond acceptors (Lipinski definition) is 6. The Bertz CT molecular complexity index is 1070. The number of amides is 1. The summed E-state index contributed by atoms with van der Waals surface area (Å²) in [5, 5.41) is 9.95. The average molecular weight is 340 g/mol.